The molecule has 0 aliphatic heterocycles. The number of rotatable bonds is 7. The van der Waals surface area contributed by atoms with Crippen LogP contribution >= 0.6 is 0 Å². The maximum Gasteiger partial charge on any atom is 0.226 e. The molecule has 0 radical (unpaired) electrons. The van der Waals surface area contributed by atoms with Crippen LogP contribution in [0.3, 0.4) is 0 Å². The van der Waals surface area contributed by atoms with Crippen LogP contribution in [0.4, 0.5) is 5.95 Å². The molecule has 18 heavy (non-hydrogen) atoms. The Kier molecular flexibility index (Phi) is 5.89. The minimum absolute atomic E-state index is 0.131. The fourth-order valence-corrected chi connectivity index (χ4v) is 1.59. The first-order valence-electron chi connectivity index (χ1n) is 6.73. The van der Waals surface area contributed by atoms with Crippen molar-refractivity contribution in [3.05, 3.63) is 12.3 Å². The van der Waals surface area contributed by atoms with E-state index in [2.05, 4.69) is 36.1 Å². The summed E-state index contributed by atoms with van der Waals surface area (Å²) in [7, 11) is 0. The molecule has 4 nitrogen and oxygen atoms in total. The lowest BCUT2D eigenvalue weighted by molar-refractivity contribution is 0.232. The monoisotopic (exact) mass is 251 g/mol. The smallest absolute Gasteiger partial charge is 0.226 e. The third kappa shape index (κ3) is 5.84. The molecule has 0 aliphatic carbocycles. The highest BCUT2D eigenvalue weighted by atomic mass is 16.5. The van der Waals surface area contributed by atoms with Gasteiger partial charge in [0.05, 0.1) is 6.10 Å². The summed E-state index contributed by atoms with van der Waals surface area (Å²) in [6, 6.07) is 2.16. The highest BCUT2D eigenvalue weighted by Crippen LogP contribution is 2.13. The summed E-state index contributed by atoms with van der Waals surface area (Å²) in [6.45, 7) is 10.6. The van der Waals surface area contributed by atoms with Gasteiger partial charge in [0, 0.05) is 18.3 Å². The summed E-state index contributed by atoms with van der Waals surface area (Å²) in [6.07, 6.45) is 4.18. The average Bonchev–Trinajstić information content (AvgIpc) is 2.26. The van der Waals surface area contributed by atoms with Crippen molar-refractivity contribution >= 4 is 5.95 Å². The maximum atomic E-state index is 5.54. The third-order valence-electron chi connectivity index (χ3n) is 2.54. The van der Waals surface area contributed by atoms with Crippen molar-refractivity contribution in [2.45, 2.75) is 59.6 Å². The largest absolute Gasteiger partial charge is 0.475 e. The summed E-state index contributed by atoms with van der Waals surface area (Å²) in [5.74, 6) is 1.99. The number of hydrogen-bond donors (Lipinski definition) is 1. The van der Waals surface area contributed by atoms with Gasteiger partial charge >= 0.3 is 0 Å². The number of hydrogen-bond acceptors (Lipinski definition) is 4. The molecule has 0 bridgehead atoms. The molecule has 0 fully saturated rings. The first-order chi connectivity index (χ1) is 8.47. The molecule has 0 aliphatic rings. The van der Waals surface area contributed by atoms with E-state index >= 15 is 0 Å². The summed E-state index contributed by atoms with van der Waals surface area (Å²) < 4.78 is 5.54. The third-order valence-corrected chi connectivity index (χ3v) is 2.54. The Morgan fingerprint density at radius 2 is 1.89 bits per heavy atom. The van der Waals surface area contributed by atoms with E-state index in [1.54, 1.807) is 12.3 Å². The zero-order valence-electron chi connectivity index (χ0n) is 12.1. The second-order valence-corrected chi connectivity index (χ2v) is 5.40. The first-order valence-corrected chi connectivity index (χ1v) is 6.73. The normalized spacial score (nSPS) is 12.8. The molecule has 0 aromatic carbocycles. The lowest BCUT2D eigenvalue weighted by Gasteiger charge is -2.15. The van der Waals surface area contributed by atoms with Crippen molar-refractivity contribution < 1.29 is 4.74 Å². The number of nitrogens with zero attached hydrogens (tertiary/aromatic N) is 2. The van der Waals surface area contributed by atoms with E-state index in [0.717, 1.165) is 12.3 Å². The zero-order chi connectivity index (χ0) is 13.5. The molecule has 1 atom stereocenters. The van der Waals surface area contributed by atoms with Crippen molar-refractivity contribution in [3.8, 4) is 5.88 Å². The van der Waals surface area contributed by atoms with E-state index in [1.807, 2.05) is 13.8 Å². The number of nitrogens with one attached hydrogen (secondary N) is 1. The number of aromatic nitrogens is 2. The summed E-state index contributed by atoms with van der Waals surface area (Å²) in [5.41, 5.74) is 0. The topological polar surface area (TPSA) is 47.0 Å². The van der Waals surface area contributed by atoms with Crippen molar-refractivity contribution in [3.63, 3.8) is 0 Å². The lowest BCUT2D eigenvalue weighted by Crippen LogP contribution is -2.18. The van der Waals surface area contributed by atoms with Crippen LogP contribution in [0.15, 0.2) is 12.3 Å². The molecular weight excluding hydrogens is 226 g/mol. The van der Waals surface area contributed by atoms with Gasteiger partial charge in [-0.25, -0.2) is 4.98 Å². The first kappa shape index (κ1) is 14.7. The molecule has 1 unspecified atom stereocenters. The van der Waals surface area contributed by atoms with Crippen molar-refractivity contribution in [1.82, 2.24) is 9.97 Å². The van der Waals surface area contributed by atoms with E-state index in [1.165, 1.54) is 6.42 Å². The Bertz CT molecular complexity index is 353. The Labute approximate surface area is 110 Å². The summed E-state index contributed by atoms with van der Waals surface area (Å²) in [5, 5.41) is 3.31. The highest BCUT2D eigenvalue weighted by molar-refractivity contribution is 5.28. The molecule has 0 spiro atoms. The van der Waals surface area contributed by atoms with Gasteiger partial charge in [0.25, 0.3) is 0 Å². The number of anilines is 1. The molecule has 0 saturated carbocycles. The predicted molar refractivity (Wildman–Crippen MR) is 75.0 cm³/mol. The van der Waals surface area contributed by atoms with Gasteiger partial charge in [-0.1, -0.05) is 13.8 Å². The molecule has 1 aromatic rings. The van der Waals surface area contributed by atoms with Crippen LogP contribution in [-0.2, 0) is 0 Å². The van der Waals surface area contributed by atoms with E-state index in [4.69, 9.17) is 4.74 Å². The summed E-state index contributed by atoms with van der Waals surface area (Å²) >= 11 is 0. The van der Waals surface area contributed by atoms with E-state index in [9.17, 15) is 0 Å². The molecule has 4 heteroatoms. The van der Waals surface area contributed by atoms with Crippen molar-refractivity contribution in [1.29, 1.82) is 0 Å². The molecule has 1 N–H and O–H groups in total. The molecule has 1 aromatic heterocycles. The highest BCUT2D eigenvalue weighted by Gasteiger charge is 2.07. The maximum absolute atomic E-state index is 5.54. The molecule has 1 heterocycles. The van der Waals surface area contributed by atoms with Crippen LogP contribution in [0.1, 0.15) is 47.5 Å². The molecular formula is C14H25N3O. The average molecular weight is 251 g/mol. The van der Waals surface area contributed by atoms with Crippen LogP contribution in [0.5, 0.6) is 5.88 Å². The second kappa shape index (κ2) is 7.19. The lowest BCUT2D eigenvalue weighted by atomic mass is 10.0. The second-order valence-electron chi connectivity index (χ2n) is 5.40. The fourth-order valence-electron chi connectivity index (χ4n) is 1.59. The summed E-state index contributed by atoms with van der Waals surface area (Å²) in [4.78, 5) is 8.55. The molecule has 0 amide bonds. The molecule has 102 valence electrons. The Balaban J connectivity index is 2.50. The van der Waals surface area contributed by atoms with Crippen molar-refractivity contribution in [2.24, 2.45) is 5.92 Å². The molecule has 0 saturated heterocycles. The van der Waals surface area contributed by atoms with Crippen LogP contribution < -0.4 is 10.1 Å². The minimum Gasteiger partial charge on any atom is -0.475 e. The van der Waals surface area contributed by atoms with Crippen LogP contribution in [0.2, 0.25) is 0 Å². The van der Waals surface area contributed by atoms with Gasteiger partial charge in [0.2, 0.25) is 11.8 Å². The van der Waals surface area contributed by atoms with Gasteiger partial charge in [0.1, 0.15) is 0 Å². The Morgan fingerprint density at radius 3 is 2.50 bits per heavy atom. The Hall–Kier alpha value is -1.32. The predicted octanol–water partition coefficient (Wildman–Crippen LogP) is 3.50. The zero-order valence-corrected chi connectivity index (χ0v) is 12.1. The van der Waals surface area contributed by atoms with Gasteiger partial charge in [-0.05, 0) is 39.5 Å². The Morgan fingerprint density at radius 1 is 1.17 bits per heavy atom. The van der Waals surface area contributed by atoms with Crippen LogP contribution in [0, 0.1) is 5.92 Å². The van der Waals surface area contributed by atoms with Gasteiger partial charge in [-0.15, -0.1) is 0 Å². The van der Waals surface area contributed by atoms with E-state index in [0.29, 0.717) is 17.9 Å². The van der Waals surface area contributed by atoms with Crippen molar-refractivity contribution in [2.75, 3.05) is 5.32 Å². The van der Waals surface area contributed by atoms with Gasteiger partial charge in [-0.3, -0.25) is 0 Å². The fraction of sp³-hybridized carbons (Fsp3) is 0.714. The SMILES string of the molecule is CC(C)CCC(C)Nc1nccc(OC(C)C)n1. The van der Waals surface area contributed by atoms with Gasteiger partial charge < -0.3 is 10.1 Å². The number of ether oxygens (including phenoxy) is 1. The van der Waals surface area contributed by atoms with Crippen LogP contribution in [-0.4, -0.2) is 22.1 Å². The van der Waals surface area contributed by atoms with Gasteiger partial charge in [-0.2, -0.15) is 4.98 Å². The molecule has 1 rings (SSSR count). The quantitative estimate of drug-likeness (QED) is 0.805. The van der Waals surface area contributed by atoms with Gasteiger partial charge in [0.15, 0.2) is 0 Å². The van der Waals surface area contributed by atoms with E-state index in [-0.39, 0.29) is 6.10 Å². The van der Waals surface area contributed by atoms with Crippen LogP contribution in [0.25, 0.3) is 0 Å². The minimum atomic E-state index is 0.131. The standard InChI is InChI=1S/C14H25N3O/c1-10(2)6-7-12(5)16-14-15-9-8-13(17-14)18-11(3)4/h8-12H,6-7H2,1-5H3,(H,15,16,17). The van der Waals surface area contributed by atoms with E-state index < -0.39 is 0 Å².